The van der Waals surface area contributed by atoms with Crippen molar-refractivity contribution < 1.29 is 28.5 Å². The summed E-state index contributed by atoms with van der Waals surface area (Å²) in [5.41, 5.74) is 2.14. The minimum absolute atomic E-state index is 0.375. The molecule has 0 amide bonds. The molecule has 2 aromatic carbocycles. The predicted molar refractivity (Wildman–Crippen MR) is 134 cm³/mol. The van der Waals surface area contributed by atoms with Crippen molar-refractivity contribution in [1.29, 1.82) is 0 Å². The van der Waals surface area contributed by atoms with Crippen LogP contribution >= 0.6 is 0 Å². The van der Waals surface area contributed by atoms with Crippen molar-refractivity contribution in [3.8, 4) is 11.5 Å². The monoisotopic (exact) mass is 464 g/mol. The van der Waals surface area contributed by atoms with Gasteiger partial charge in [-0.25, -0.2) is 9.59 Å². The Morgan fingerprint density at radius 3 is 1.29 bits per heavy atom. The van der Waals surface area contributed by atoms with Crippen LogP contribution in [0.5, 0.6) is 11.5 Å². The van der Waals surface area contributed by atoms with Gasteiger partial charge in [-0.2, -0.15) is 0 Å². The van der Waals surface area contributed by atoms with E-state index in [0.717, 1.165) is 60.5 Å². The Balaban J connectivity index is 1.65. The molecule has 0 radical (unpaired) electrons. The second kappa shape index (κ2) is 15.9. The Morgan fingerprint density at radius 2 is 0.941 bits per heavy atom. The van der Waals surface area contributed by atoms with Crippen LogP contribution in [-0.4, -0.2) is 38.4 Å². The fourth-order valence-electron chi connectivity index (χ4n) is 2.79. The molecule has 34 heavy (non-hydrogen) atoms. The van der Waals surface area contributed by atoms with E-state index in [1.165, 1.54) is 0 Å². The van der Waals surface area contributed by atoms with Crippen LogP contribution in [0, 0.1) is 0 Å². The summed E-state index contributed by atoms with van der Waals surface area (Å²) in [4.78, 5) is 21.9. The molecule has 0 spiro atoms. The summed E-state index contributed by atoms with van der Waals surface area (Å²) in [6, 6.07) is 15.8. The third-order valence-electron chi connectivity index (χ3n) is 4.67. The molecular formula is C28H32O6. The van der Waals surface area contributed by atoms with Gasteiger partial charge in [-0.05, 0) is 61.1 Å². The number of rotatable bonds is 16. The van der Waals surface area contributed by atoms with Crippen LogP contribution in [0.15, 0.2) is 73.8 Å². The molecule has 0 aromatic heterocycles. The normalized spacial score (nSPS) is 10.5. The molecule has 2 aromatic rings. The molecule has 0 aliphatic rings. The van der Waals surface area contributed by atoms with E-state index in [4.69, 9.17) is 18.9 Å². The van der Waals surface area contributed by atoms with Crippen molar-refractivity contribution in [1.82, 2.24) is 0 Å². The van der Waals surface area contributed by atoms with E-state index < -0.39 is 11.9 Å². The van der Waals surface area contributed by atoms with Gasteiger partial charge in [-0.1, -0.05) is 49.6 Å². The highest BCUT2D eigenvalue weighted by molar-refractivity contribution is 5.81. The van der Waals surface area contributed by atoms with Gasteiger partial charge in [0.2, 0.25) is 0 Å². The number of benzene rings is 2. The van der Waals surface area contributed by atoms with Gasteiger partial charge in [0.05, 0.1) is 26.4 Å². The van der Waals surface area contributed by atoms with Gasteiger partial charge in [-0.15, -0.1) is 0 Å². The Kier molecular flexibility index (Phi) is 12.4. The zero-order valence-corrected chi connectivity index (χ0v) is 19.4. The Labute approximate surface area is 201 Å². The van der Waals surface area contributed by atoms with E-state index >= 15 is 0 Å². The lowest BCUT2D eigenvalue weighted by Crippen LogP contribution is -2.04. The van der Waals surface area contributed by atoms with Crippen molar-refractivity contribution in [3.63, 3.8) is 0 Å². The third kappa shape index (κ3) is 11.2. The maximum absolute atomic E-state index is 11.0. The lowest BCUT2D eigenvalue weighted by atomic mass is 10.1. The molecule has 0 fully saturated rings. The van der Waals surface area contributed by atoms with Crippen LogP contribution < -0.4 is 9.47 Å². The Bertz CT molecular complexity index is 851. The van der Waals surface area contributed by atoms with E-state index in [2.05, 4.69) is 13.2 Å². The summed E-state index contributed by atoms with van der Waals surface area (Å²) in [6.45, 7) is 8.60. The summed E-state index contributed by atoms with van der Waals surface area (Å²) in [5, 5.41) is 0. The van der Waals surface area contributed by atoms with Crippen LogP contribution in [0.2, 0.25) is 0 Å². The fourth-order valence-corrected chi connectivity index (χ4v) is 2.79. The van der Waals surface area contributed by atoms with Gasteiger partial charge in [0, 0.05) is 12.2 Å². The number of carbonyl (C=O) groups excluding carboxylic acids is 2. The minimum atomic E-state index is -0.397. The second-order valence-corrected chi connectivity index (χ2v) is 7.33. The van der Waals surface area contributed by atoms with Crippen molar-refractivity contribution in [2.75, 3.05) is 26.4 Å². The maximum Gasteiger partial charge on any atom is 0.330 e. The van der Waals surface area contributed by atoms with Gasteiger partial charge < -0.3 is 18.9 Å². The fraction of sp³-hybridized carbons (Fsp3) is 0.286. The number of ether oxygens (including phenoxy) is 4. The first-order valence-corrected chi connectivity index (χ1v) is 11.3. The van der Waals surface area contributed by atoms with Gasteiger partial charge in [0.25, 0.3) is 0 Å². The molecule has 0 N–H and O–H groups in total. The zero-order valence-electron chi connectivity index (χ0n) is 19.4. The quantitative estimate of drug-likeness (QED) is 0.139. The van der Waals surface area contributed by atoms with Gasteiger partial charge >= 0.3 is 11.9 Å². The molecular weight excluding hydrogens is 432 g/mol. The molecule has 0 saturated heterocycles. The molecule has 180 valence electrons. The number of hydrogen-bond donors (Lipinski definition) is 0. The van der Waals surface area contributed by atoms with Gasteiger partial charge in [-0.3, -0.25) is 0 Å². The third-order valence-corrected chi connectivity index (χ3v) is 4.67. The summed E-state index contributed by atoms with van der Waals surface area (Å²) in [5.74, 6) is 0.818. The molecule has 0 unspecified atom stereocenters. The summed E-state index contributed by atoms with van der Waals surface area (Å²) < 4.78 is 21.3. The second-order valence-electron chi connectivity index (χ2n) is 7.33. The Hall–Kier alpha value is -3.80. The van der Waals surface area contributed by atoms with Crippen molar-refractivity contribution >= 4 is 24.1 Å². The highest BCUT2D eigenvalue weighted by Gasteiger charge is 1.99. The average Bonchev–Trinajstić information content (AvgIpc) is 2.87. The predicted octanol–water partition coefficient (Wildman–Crippen LogP) is 5.63. The van der Waals surface area contributed by atoms with E-state index in [-0.39, 0.29) is 0 Å². The molecule has 0 aliphatic heterocycles. The van der Waals surface area contributed by atoms with Crippen LogP contribution in [-0.2, 0) is 19.1 Å². The smallest absolute Gasteiger partial charge is 0.330 e. The van der Waals surface area contributed by atoms with E-state index in [1.807, 2.05) is 60.7 Å². The number of esters is 2. The zero-order chi connectivity index (χ0) is 24.4. The molecule has 0 heterocycles. The highest BCUT2D eigenvalue weighted by atomic mass is 16.5. The number of hydrogen-bond acceptors (Lipinski definition) is 6. The molecule has 6 nitrogen and oxygen atoms in total. The first-order chi connectivity index (χ1) is 16.6. The van der Waals surface area contributed by atoms with Crippen molar-refractivity contribution in [3.05, 3.63) is 85.0 Å². The van der Waals surface area contributed by atoms with E-state index in [0.29, 0.717) is 26.4 Å². The van der Waals surface area contributed by atoms with Crippen LogP contribution in [0.3, 0.4) is 0 Å². The summed E-state index contributed by atoms with van der Waals surface area (Å²) in [6.07, 6.45) is 9.50. The van der Waals surface area contributed by atoms with Crippen LogP contribution in [0.4, 0.5) is 0 Å². The molecule has 0 bridgehead atoms. The van der Waals surface area contributed by atoms with Gasteiger partial charge in [0.15, 0.2) is 0 Å². The molecule has 6 heteroatoms. The van der Waals surface area contributed by atoms with Crippen molar-refractivity contribution in [2.45, 2.75) is 25.7 Å². The highest BCUT2D eigenvalue weighted by Crippen LogP contribution is 2.17. The lowest BCUT2D eigenvalue weighted by Gasteiger charge is -2.07. The molecule has 0 atom stereocenters. The van der Waals surface area contributed by atoms with Gasteiger partial charge in [0.1, 0.15) is 11.5 Å². The topological polar surface area (TPSA) is 71.1 Å². The lowest BCUT2D eigenvalue weighted by molar-refractivity contribution is -0.138. The largest absolute Gasteiger partial charge is 0.494 e. The first-order valence-electron chi connectivity index (χ1n) is 11.3. The SMILES string of the molecule is C=CC(=O)OCCCCOc1ccc(C=Cc2ccc(OCCCCOC(=O)C=C)cc2)cc1. The molecule has 2 rings (SSSR count). The van der Waals surface area contributed by atoms with E-state index in [1.54, 1.807) is 0 Å². The van der Waals surface area contributed by atoms with Crippen LogP contribution in [0.1, 0.15) is 36.8 Å². The summed E-state index contributed by atoms with van der Waals surface area (Å²) in [7, 11) is 0. The first kappa shape index (κ1) is 26.5. The average molecular weight is 465 g/mol. The minimum Gasteiger partial charge on any atom is -0.494 e. The van der Waals surface area contributed by atoms with Crippen LogP contribution in [0.25, 0.3) is 12.2 Å². The van der Waals surface area contributed by atoms with E-state index in [9.17, 15) is 9.59 Å². The van der Waals surface area contributed by atoms with Crippen molar-refractivity contribution in [2.24, 2.45) is 0 Å². The standard InChI is InChI=1S/C28H32O6/c1-3-27(29)33-21-7-5-19-31-25-15-11-23(12-16-25)9-10-24-13-17-26(18-14-24)32-20-6-8-22-34-28(30)4-2/h3-4,9-18H,1-2,5-8,19-22H2. The number of carbonyl (C=O) groups is 2. The molecule has 0 aliphatic carbocycles. The molecule has 0 saturated carbocycles. The summed E-state index contributed by atoms with van der Waals surface area (Å²) >= 11 is 0. The Morgan fingerprint density at radius 1 is 0.588 bits per heavy atom. The number of unbranched alkanes of at least 4 members (excludes halogenated alkanes) is 2. The maximum atomic E-state index is 11.0.